The summed E-state index contributed by atoms with van der Waals surface area (Å²) in [5.41, 5.74) is 1.91. The maximum atomic E-state index is 13.0. The van der Waals surface area contributed by atoms with Gasteiger partial charge >= 0.3 is 6.09 Å². The third-order valence-corrected chi connectivity index (χ3v) is 5.44. The van der Waals surface area contributed by atoms with Crippen LogP contribution < -0.4 is 16.2 Å². The Hall–Kier alpha value is -3.68. The molecule has 0 bridgehead atoms. The highest BCUT2D eigenvalue weighted by Gasteiger charge is 2.32. The van der Waals surface area contributed by atoms with Gasteiger partial charge in [0.05, 0.1) is 0 Å². The third-order valence-electron chi connectivity index (χ3n) is 5.44. The molecule has 0 radical (unpaired) electrons. The van der Waals surface area contributed by atoms with E-state index >= 15 is 0 Å². The largest absolute Gasteiger partial charge is 0.441 e. The third kappa shape index (κ3) is 6.26. The Morgan fingerprint density at radius 2 is 1.83 bits per heavy atom. The molecule has 1 aromatic carbocycles. The number of aromatic nitrogens is 2. The van der Waals surface area contributed by atoms with Gasteiger partial charge in [0.2, 0.25) is 5.91 Å². The fourth-order valence-corrected chi connectivity index (χ4v) is 3.86. The van der Waals surface area contributed by atoms with Crippen LogP contribution in [0.1, 0.15) is 57.5 Å². The number of pyridine rings is 2. The predicted molar refractivity (Wildman–Crippen MR) is 137 cm³/mol. The summed E-state index contributed by atoms with van der Waals surface area (Å²) >= 11 is 0. The molecule has 2 amide bonds. The minimum absolute atomic E-state index is 0.0112. The van der Waals surface area contributed by atoms with Crippen LogP contribution in [0, 0.1) is 18.8 Å². The molecule has 1 atom stereocenters. The summed E-state index contributed by atoms with van der Waals surface area (Å²) in [6.07, 6.45) is 2.34. The minimum atomic E-state index is -0.661. The monoisotopic (exact) mass is 478 g/mol. The summed E-state index contributed by atoms with van der Waals surface area (Å²) < 4.78 is 6.70. The average molecular weight is 479 g/mol. The first-order valence-electron chi connectivity index (χ1n) is 11.9. The van der Waals surface area contributed by atoms with Crippen LogP contribution in [0.15, 0.2) is 47.5 Å². The summed E-state index contributed by atoms with van der Waals surface area (Å²) in [5.74, 6) is 0.536. The molecular formula is C27H34N4O4. The highest BCUT2D eigenvalue weighted by atomic mass is 16.6. The molecule has 35 heavy (non-hydrogen) atoms. The molecule has 4 rings (SSSR count). The van der Waals surface area contributed by atoms with Crippen LogP contribution in [0.4, 0.5) is 10.5 Å². The molecule has 1 unspecified atom stereocenters. The van der Waals surface area contributed by atoms with Crippen molar-refractivity contribution >= 4 is 28.5 Å². The van der Waals surface area contributed by atoms with Crippen LogP contribution in [0.25, 0.3) is 10.8 Å². The predicted octanol–water partition coefficient (Wildman–Crippen LogP) is 4.94. The lowest BCUT2D eigenvalue weighted by molar-refractivity contribution is -0.121. The fourth-order valence-electron chi connectivity index (χ4n) is 3.86. The molecule has 8 heteroatoms. The van der Waals surface area contributed by atoms with Gasteiger partial charge in [0.1, 0.15) is 18.3 Å². The first kappa shape index (κ1) is 25.9. The van der Waals surface area contributed by atoms with E-state index in [9.17, 15) is 14.4 Å². The van der Waals surface area contributed by atoms with Crippen LogP contribution >= 0.6 is 0 Å². The van der Waals surface area contributed by atoms with Gasteiger partial charge in [-0.2, -0.15) is 0 Å². The number of carbonyl (C=O) groups is 2. The molecule has 0 saturated heterocycles. The van der Waals surface area contributed by atoms with Crippen molar-refractivity contribution in [1.82, 2.24) is 14.9 Å². The highest BCUT2D eigenvalue weighted by molar-refractivity contribution is 5.88. The second-order valence-corrected chi connectivity index (χ2v) is 9.73. The number of cyclic esters (lactones) is 1. The van der Waals surface area contributed by atoms with Gasteiger partial charge in [0.25, 0.3) is 5.56 Å². The zero-order valence-corrected chi connectivity index (χ0v) is 21.2. The van der Waals surface area contributed by atoms with Gasteiger partial charge in [-0.25, -0.2) is 4.79 Å². The number of ether oxygens (including phenoxy) is 1. The van der Waals surface area contributed by atoms with E-state index in [2.05, 4.69) is 36.4 Å². The number of nitrogens with zero attached hydrogens (tertiary/aromatic N) is 2. The number of aryl methyl sites for hydroxylation is 1. The smallest absolute Gasteiger partial charge is 0.412 e. The van der Waals surface area contributed by atoms with Crippen LogP contribution in [-0.2, 0) is 22.6 Å². The van der Waals surface area contributed by atoms with Crippen molar-refractivity contribution in [2.45, 2.75) is 60.7 Å². The van der Waals surface area contributed by atoms with Gasteiger partial charge in [0.15, 0.2) is 0 Å². The molecule has 2 aromatic heterocycles. The van der Waals surface area contributed by atoms with E-state index in [0.29, 0.717) is 17.8 Å². The van der Waals surface area contributed by atoms with Crippen LogP contribution in [0.3, 0.4) is 0 Å². The topological polar surface area (TPSA) is 102 Å². The Balaban J connectivity index is 0.000000795. The zero-order valence-electron chi connectivity index (χ0n) is 21.2. The standard InChI is InChI=1S/C23H24N4O4.C4H10/c1-13(2)21-18-8-14(3)27(22(29)20(18)26-23(30)31-21)12-19(28)25-11-16-10-24-9-15-6-4-5-7-17(15)16;1-4(2)3/h4-10,13,21H,11-12H2,1-3H3,(H,25,28)(H,26,30);4H,1-3H3. The van der Waals surface area contributed by atoms with Gasteiger partial charge in [0, 0.05) is 35.6 Å². The Kier molecular flexibility index (Phi) is 8.27. The van der Waals surface area contributed by atoms with Crippen LogP contribution in [0.2, 0.25) is 0 Å². The van der Waals surface area contributed by atoms with Crippen LogP contribution in [-0.4, -0.2) is 21.6 Å². The SMILES string of the molecule is CC(C)C.Cc1cc2c(c(=O)n1CC(=O)NCc1cncc3ccccc13)NC(=O)OC2C(C)C. The number of hydrogen-bond acceptors (Lipinski definition) is 5. The fraction of sp³-hybridized carbons (Fsp3) is 0.407. The lowest BCUT2D eigenvalue weighted by Crippen LogP contribution is -2.38. The molecule has 2 N–H and O–H groups in total. The molecule has 0 aliphatic carbocycles. The Morgan fingerprint density at radius 1 is 1.14 bits per heavy atom. The van der Waals surface area contributed by atoms with E-state index in [1.54, 1.807) is 25.4 Å². The zero-order chi connectivity index (χ0) is 25.7. The quantitative estimate of drug-likeness (QED) is 0.541. The van der Waals surface area contributed by atoms with Crippen molar-refractivity contribution in [2.24, 2.45) is 11.8 Å². The molecule has 1 aliphatic rings. The number of benzene rings is 1. The van der Waals surface area contributed by atoms with E-state index in [4.69, 9.17) is 4.74 Å². The van der Waals surface area contributed by atoms with Gasteiger partial charge in [-0.1, -0.05) is 58.9 Å². The molecule has 0 fully saturated rings. The second kappa shape index (κ2) is 11.2. The van der Waals surface area contributed by atoms with Crippen LogP contribution in [0.5, 0.6) is 0 Å². The van der Waals surface area contributed by atoms with Crippen molar-refractivity contribution in [2.75, 3.05) is 5.32 Å². The number of fused-ring (bicyclic) bond motifs is 2. The van der Waals surface area contributed by atoms with Gasteiger partial charge < -0.3 is 14.6 Å². The van der Waals surface area contributed by atoms with Crippen molar-refractivity contribution in [3.8, 4) is 0 Å². The van der Waals surface area contributed by atoms with Crippen molar-refractivity contribution < 1.29 is 14.3 Å². The van der Waals surface area contributed by atoms with E-state index < -0.39 is 17.8 Å². The maximum absolute atomic E-state index is 13.0. The first-order valence-corrected chi connectivity index (χ1v) is 11.9. The first-order chi connectivity index (χ1) is 16.6. The number of carbonyl (C=O) groups excluding carboxylic acids is 2. The van der Waals surface area contributed by atoms with E-state index in [0.717, 1.165) is 22.3 Å². The summed E-state index contributed by atoms with van der Waals surface area (Å²) in [6.45, 7) is 12.2. The summed E-state index contributed by atoms with van der Waals surface area (Å²) in [5, 5.41) is 7.37. The summed E-state index contributed by atoms with van der Waals surface area (Å²) in [7, 11) is 0. The average Bonchev–Trinajstić information content (AvgIpc) is 2.80. The number of nitrogens with one attached hydrogen (secondary N) is 2. The maximum Gasteiger partial charge on any atom is 0.412 e. The molecule has 0 saturated carbocycles. The van der Waals surface area contributed by atoms with Crippen molar-refractivity contribution in [3.63, 3.8) is 0 Å². The Bertz CT molecular complexity index is 1270. The van der Waals surface area contributed by atoms with Crippen molar-refractivity contribution in [1.29, 1.82) is 0 Å². The lowest BCUT2D eigenvalue weighted by Gasteiger charge is -2.29. The molecular weight excluding hydrogens is 444 g/mol. The highest BCUT2D eigenvalue weighted by Crippen LogP contribution is 2.34. The number of anilines is 1. The Morgan fingerprint density at radius 3 is 2.51 bits per heavy atom. The molecule has 0 spiro atoms. The molecule has 186 valence electrons. The van der Waals surface area contributed by atoms with Crippen molar-refractivity contribution in [3.05, 3.63) is 69.9 Å². The molecule has 3 heterocycles. The van der Waals surface area contributed by atoms with Gasteiger partial charge in [-0.15, -0.1) is 0 Å². The van der Waals surface area contributed by atoms with E-state index in [1.807, 2.05) is 38.1 Å². The molecule has 3 aromatic rings. The summed E-state index contributed by atoms with van der Waals surface area (Å²) in [6, 6.07) is 9.61. The number of amides is 2. The Labute approximate surface area is 205 Å². The normalized spacial score (nSPS) is 14.6. The van der Waals surface area contributed by atoms with Gasteiger partial charge in [-0.05, 0) is 35.8 Å². The van der Waals surface area contributed by atoms with Gasteiger partial charge in [-0.3, -0.25) is 19.9 Å². The van der Waals surface area contributed by atoms with E-state index in [1.165, 1.54) is 4.57 Å². The minimum Gasteiger partial charge on any atom is -0.441 e. The van der Waals surface area contributed by atoms with E-state index in [-0.39, 0.29) is 24.1 Å². The number of rotatable bonds is 5. The molecule has 1 aliphatic heterocycles. The summed E-state index contributed by atoms with van der Waals surface area (Å²) in [4.78, 5) is 41.8. The molecule has 8 nitrogen and oxygen atoms in total. The lowest BCUT2D eigenvalue weighted by atomic mass is 9.96. The number of hydrogen-bond donors (Lipinski definition) is 2. The second-order valence-electron chi connectivity index (χ2n) is 9.73.